The fourth-order valence-electron chi connectivity index (χ4n) is 3.19. The highest BCUT2D eigenvalue weighted by atomic mass is 35.5. The minimum absolute atomic E-state index is 0.786. The number of hydrogen-bond acceptors (Lipinski definition) is 2. The van der Waals surface area contributed by atoms with Crippen LogP contribution in [0, 0.1) is 0 Å². The fraction of sp³-hybridized carbons (Fsp3) is 0.190. The molecule has 0 aliphatic carbocycles. The number of benzene rings is 2. The smallest absolute Gasteiger partial charge is 0.129 e. The third-order valence-corrected chi connectivity index (χ3v) is 4.81. The maximum absolute atomic E-state index is 5.95. The van der Waals surface area contributed by atoms with Gasteiger partial charge in [0.15, 0.2) is 0 Å². The quantitative estimate of drug-likeness (QED) is 0.609. The zero-order valence-electron chi connectivity index (χ0n) is 13.5. The lowest BCUT2D eigenvalue weighted by atomic mass is 10.0. The minimum atomic E-state index is 0.786. The van der Waals surface area contributed by atoms with Gasteiger partial charge in [0.05, 0.1) is 5.52 Å². The predicted octanol–water partition coefficient (Wildman–Crippen LogP) is 5.57. The Kier molecular flexibility index (Phi) is 4.22. The van der Waals surface area contributed by atoms with Crippen LogP contribution in [-0.4, -0.2) is 18.1 Å². The molecule has 1 aliphatic heterocycles. The summed E-state index contributed by atoms with van der Waals surface area (Å²) in [4.78, 5) is 7.19. The van der Waals surface area contributed by atoms with E-state index in [1.165, 1.54) is 16.5 Å². The highest BCUT2D eigenvalue weighted by molar-refractivity contribution is 6.30. The number of para-hydroxylation sites is 1. The van der Waals surface area contributed by atoms with Gasteiger partial charge in [0.2, 0.25) is 0 Å². The van der Waals surface area contributed by atoms with Gasteiger partial charge in [-0.2, -0.15) is 0 Å². The molecule has 1 aromatic heterocycles. The number of halogens is 1. The molecule has 0 amide bonds. The van der Waals surface area contributed by atoms with Gasteiger partial charge in [-0.25, -0.2) is 4.98 Å². The van der Waals surface area contributed by atoms with Crippen LogP contribution in [0.5, 0.6) is 0 Å². The molecule has 1 fully saturated rings. The molecule has 0 spiro atoms. The second-order valence-corrected chi connectivity index (χ2v) is 6.64. The van der Waals surface area contributed by atoms with Crippen LogP contribution in [0.15, 0.2) is 66.2 Å². The summed E-state index contributed by atoms with van der Waals surface area (Å²) >= 11 is 5.95. The summed E-state index contributed by atoms with van der Waals surface area (Å²) in [6.45, 7) is 2.04. The second kappa shape index (κ2) is 6.66. The maximum Gasteiger partial charge on any atom is 0.129 e. The van der Waals surface area contributed by atoms with Gasteiger partial charge < -0.3 is 4.90 Å². The lowest BCUT2D eigenvalue weighted by Gasteiger charge is -2.29. The van der Waals surface area contributed by atoms with E-state index in [1.807, 2.05) is 18.2 Å². The molecule has 2 nitrogen and oxygen atoms in total. The molecule has 120 valence electrons. The van der Waals surface area contributed by atoms with Crippen molar-refractivity contribution in [2.75, 3.05) is 18.0 Å². The second-order valence-electron chi connectivity index (χ2n) is 6.20. The van der Waals surface area contributed by atoms with Crippen molar-refractivity contribution in [1.82, 2.24) is 4.98 Å². The summed E-state index contributed by atoms with van der Waals surface area (Å²) in [5.74, 6) is 1.08. The molecule has 0 bridgehead atoms. The van der Waals surface area contributed by atoms with Crippen LogP contribution in [-0.2, 0) is 0 Å². The van der Waals surface area contributed by atoms with Crippen molar-refractivity contribution in [3.8, 4) is 0 Å². The van der Waals surface area contributed by atoms with Crippen molar-refractivity contribution >= 4 is 34.4 Å². The Hall–Kier alpha value is -2.32. The molecule has 0 N–H and O–H groups in total. The molecule has 1 aliphatic rings. The number of piperidine rings is 1. The van der Waals surface area contributed by atoms with Gasteiger partial charge in [0.1, 0.15) is 5.82 Å². The number of aromatic nitrogens is 1. The third kappa shape index (κ3) is 3.29. The Labute approximate surface area is 147 Å². The van der Waals surface area contributed by atoms with E-state index in [4.69, 9.17) is 16.6 Å². The molecule has 4 rings (SSSR count). The SMILES string of the molecule is Clc1ccc(C=C2CCN(c3ccc4ccccc4n3)CC2)cc1. The molecule has 0 saturated carbocycles. The van der Waals surface area contributed by atoms with Crippen LogP contribution in [0.2, 0.25) is 5.02 Å². The first-order valence-electron chi connectivity index (χ1n) is 8.34. The summed E-state index contributed by atoms with van der Waals surface area (Å²) in [5, 5.41) is 1.98. The van der Waals surface area contributed by atoms with Crippen LogP contribution >= 0.6 is 11.6 Å². The van der Waals surface area contributed by atoms with Crippen LogP contribution in [0.25, 0.3) is 17.0 Å². The van der Waals surface area contributed by atoms with E-state index < -0.39 is 0 Å². The summed E-state index contributed by atoms with van der Waals surface area (Å²) in [6, 6.07) is 20.6. The first kappa shape index (κ1) is 15.2. The maximum atomic E-state index is 5.95. The lowest BCUT2D eigenvalue weighted by Crippen LogP contribution is -2.31. The standard InChI is InChI=1S/C21H19ClN2/c22-19-8-5-16(6-9-19)15-17-11-13-24(14-12-17)21-10-7-18-3-1-2-4-20(18)23-21/h1-10,15H,11-14H2. The first-order valence-corrected chi connectivity index (χ1v) is 8.71. The lowest BCUT2D eigenvalue weighted by molar-refractivity contribution is 0.682. The number of nitrogens with zero attached hydrogens (tertiary/aromatic N) is 2. The Morgan fingerprint density at radius 1 is 0.875 bits per heavy atom. The highest BCUT2D eigenvalue weighted by Gasteiger charge is 2.15. The molecule has 24 heavy (non-hydrogen) atoms. The van der Waals surface area contributed by atoms with Crippen LogP contribution in [0.1, 0.15) is 18.4 Å². The summed E-state index contributed by atoms with van der Waals surface area (Å²) in [5.41, 5.74) is 3.79. The van der Waals surface area contributed by atoms with E-state index >= 15 is 0 Å². The molecule has 3 aromatic rings. The van der Waals surface area contributed by atoms with Crippen molar-refractivity contribution in [1.29, 1.82) is 0 Å². The number of fused-ring (bicyclic) bond motifs is 1. The van der Waals surface area contributed by atoms with Crippen molar-refractivity contribution in [2.45, 2.75) is 12.8 Å². The van der Waals surface area contributed by atoms with E-state index in [0.29, 0.717) is 0 Å². The third-order valence-electron chi connectivity index (χ3n) is 4.55. The van der Waals surface area contributed by atoms with E-state index in [0.717, 1.165) is 42.3 Å². The highest BCUT2D eigenvalue weighted by Crippen LogP contribution is 2.25. The largest absolute Gasteiger partial charge is 0.356 e. The van der Waals surface area contributed by atoms with Crippen molar-refractivity contribution in [2.24, 2.45) is 0 Å². The molecule has 0 atom stereocenters. The Bertz CT molecular complexity index is 874. The average Bonchev–Trinajstić information content (AvgIpc) is 2.64. The molecular weight excluding hydrogens is 316 g/mol. The van der Waals surface area contributed by atoms with Crippen LogP contribution < -0.4 is 4.90 Å². The summed E-state index contributed by atoms with van der Waals surface area (Å²) in [6.07, 6.45) is 4.45. The van der Waals surface area contributed by atoms with Gasteiger partial charge >= 0.3 is 0 Å². The van der Waals surface area contributed by atoms with E-state index in [1.54, 1.807) is 0 Å². The van der Waals surface area contributed by atoms with Gasteiger partial charge in [-0.1, -0.05) is 53.6 Å². The first-order chi connectivity index (χ1) is 11.8. The van der Waals surface area contributed by atoms with E-state index in [2.05, 4.69) is 53.4 Å². The Morgan fingerprint density at radius 2 is 1.62 bits per heavy atom. The minimum Gasteiger partial charge on any atom is -0.356 e. The normalized spacial score (nSPS) is 14.9. The van der Waals surface area contributed by atoms with Crippen molar-refractivity contribution < 1.29 is 0 Å². The number of anilines is 1. The molecular formula is C21H19ClN2. The van der Waals surface area contributed by atoms with Crippen LogP contribution in [0.4, 0.5) is 5.82 Å². The van der Waals surface area contributed by atoms with Gasteiger partial charge in [0.25, 0.3) is 0 Å². The number of hydrogen-bond donors (Lipinski definition) is 0. The summed E-state index contributed by atoms with van der Waals surface area (Å²) < 4.78 is 0. The van der Waals surface area contributed by atoms with Crippen molar-refractivity contribution in [3.05, 3.63) is 76.8 Å². The topological polar surface area (TPSA) is 16.1 Å². The molecule has 0 unspecified atom stereocenters. The zero-order chi connectivity index (χ0) is 16.4. The molecule has 0 radical (unpaired) electrons. The van der Waals surface area contributed by atoms with Crippen molar-refractivity contribution in [3.63, 3.8) is 0 Å². The van der Waals surface area contributed by atoms with E-state index in [-0.39, 0.29) is 0 Å². The van der Waals surface area contributed by atoms with Gasteiger partial charge in [-0.15, -0.1) is 0 Å². The van der Waals surface area contributed by atoms with Crippen LogP contribution in [0.3, 0.4) is 0 Å². The molecule has 2 aromatic carbocycles. The van der Waals surface area contributed by atoms with E-state index in [9.17, 15) is 0 Å². The van der Waals surface area contributed by atoms with Gasteiger partial charge in [-0.3, -0.25) is 0 Å². The Morgan fingerprint density at radius 3 is 2.42 bits per heavy atom. The zero-order valence-corrected chi connectivity index (χ0v) is 14.2. The van der Waals surface area contributed by atoms with Gasteiger partial charge in [-0.05, 0) is 48.7 Å². The van der Waals surface area contributed by atoms with Gasteiger partial charge in [0, 0.05) is 23.5 Å². The Balaban J connectivity index is 1.47. The molecule has 3 heteroatoms. The number of pyridine rings is 1. The predicted molar refractivity (Wildman–Crippen MR) is 103 cm³/mol. The summed E-state index contributed by atoms with van der Waals surface area (Å²) in [7, 11) is 0. The average molecular weight is 335 g/mol. The number of rotatable bonds is 2. The molecule has 1 saturated heterocycles. The monoisotopic (exact) mass is 334 g/mol. The molecule has 2 heterocycles. The fourth-order valence-corrected chi connectivity index (χ4v) is 3.32.